The average molecular weight is 288 g/mol. The van der Waals surface area contributed by atoms with E-state index in [1.54, 1.807) is 37.3 Å². The van der Waals surface area contributed by atoms with Gasteiger partial charge in [0.15, 0.2) is 0 Å². The minimum atomic E-state index is -0.423. The number of nitrogens with one attached hydrogen (secondary N) is 2. The van der Waals surface area contributed by atoms with Crippen molar-refractivity contribution < 1.29 is 13.9 Å². The van der Waals surface area contributed by atoms with Crippen molar-refractivity contribution in [1.29, 1.82) is 0 Å². The molecule has 4 nitrogen and oxygen atoms in total. The van der Waals surface area contributed by atoms with Gasteiger partial charge in [-0.15, -0.1) is 0 Å². The number of hydrogen-bond donors (Lipinski definition) is 2. The van der Waals surface area contributed by atoms with Crippen LogP contribution in [0.3, 0.4) is 0 Å². The number of aryl methyl sites for hydroxylation is 1. The molecule has 0 saturated heterocycles. The summed E-state index contributed by atoms with van der Waals surface area (Å²) in [6.45, 7) is 4.29. The van der Waals surface area contributed by atoms with Crippen LogP contribution in [0.1, 0.15) is 12.5 Å². The third-order valence-corrected chi connectivity index (χ3v) is 2.87. The smallest absolute Gasteiger partial charge is 0.323 e. The lowest BCUT2D eigenvalue weighted by Gasteiger charge is -2.10. The monoisotopic (exact) mass is 288 g/mol. The normalized spacial score (nSPS) is 10.0. The Morgan fingerprint density at radius 1 is 1.14 bits per heavy atom. The van der Waals surface area contributed by atoms with Gasteiger partial charge in [-0.2, -0.15) is 0 Å². The van der Waals surface area contributed by atoms with E-state index < -0.39 is 11.8 Å². The largest absolute Gasteiger partial charge is 0.494 e. The fourth-order valence-electron chi connectivity index (χ4n) is 1.81. The molecule has 0 atom stereocenters. The van der Waals surface area contributed by atoms with Gasteiger partial charge in [0, 0.05) is 11.4 Å². The van der Waals surface area contributed by atoms with Crippen LogP contribution in [-0.4, -0.2) is 12.6 Å². The fraction of sp³-hybridized carbons (Fsp3) is 0.188. The second-order valence-corrected chi connectivity index (χ2v) is 4.50. The summed E-state index contributed by atoms with van der Waals surface area (Å²) >= 11 is 0. The molecule has 0 unspecified atom stereocenters. The standard InChI is InChI=1S/C16H17FN2O2/c1-3-21-14-8-6-13(7-9-14)18-16(20)19-15-10-12(17)5-4-11(15)2/h4-10H,3H2,1-2H3,(H2,18,19,20). The van der Waals surface area contributed by atoms with E-state index in [0.29, 0.717) is 18.0 Å². The van der Waals surface area contributed by atoms with Crippen LogP contribution in [0.2, 0.25) is 0 Å². The van der Waals surface area contributed by atoms with Gasteiger partial charge in [-0.1, -0.05) is 6.07 Å². The molecule has 0 aliphatic heterocycles. The highest BCUT2D eigenvalue weighted by molar-refractivity contribution is 6.00. The summed E-state index contributed by atoms with van der Waals surface area (Å²) in [6, 6.07) is 10.8. The third kappa shape index (κ3) is 4.21. The Morgan fingerprint density at radius 3 is 2.52 bits per heavy atom. The van der Waals surface area contributed by atoms with Crippen molar-refractivity contribution >= 4 is 17.4 Å². The highest BCUT2D eigenvalue weighted by Crippen LogP contribution is 2.18. The molecular weight excluding hydrogens is 271 g/mol. The molecule has 0 saturated carbocycles. The predicted molar refractivity (Wildman–Crippen MR) is 81.4 cm³/mol. The summed E-state index contributed by atoms with van der Waals surface area (Å²) in [5.41, 5.74) is 1.86. The molecule has 0 aliphatic rings. The van der Waals surface area contributed by atoms with Gasteiger partial charge in [0.25, 0.3) is 0 Å². The summed E-state index contributed by atoms with van der Waals surface area (Å²) in [6.07, 6.45) is 0. The van der Waals surface area contributed by atoms with Crippen molar-refractivity contribution in [2.75, 3.05) is 17.2 Å². The number of amides is 2. The zero-order valence-electron chi connectivity index (χ0n) is 11.9. The van der Waals surface area contributed by atoms with E-state index in [2.05, 4.69) is 10.6 Å². The molecule has 2 rings (SSSR count). The summed E-state index contributed by atoms with van der Waals surface area (Å²) < 4.78 is 18.5. The number of urea groups is 1. The van der Waals surface area contributed by atoms with E-state index in [4.69, 9.17) is 4.74 Å². The molecule has 110 valence electrons. The number of hydrogen-bond acceptors (Lipinski definition) is 2. The van der Waals surface area contributed by atoms with Crippen LogP contribution >= 0.6 is 0 Å². The third-order valence-electron chi connectivity index (χ3n) is 2.87. The Bertz CT molecular complexity index is 627. The molecule has 0 bridgehead atoms. The number of rotatable bonds is 4. The summed E-state index contributed by atoms with van der Waals surface area (Å²) in [7, 11) is 0. The first-order valence-electron chi connectivity index (χ1n) is 6.65. The molecule has 0 aliphatic carbocycles. The Kier molecular flexibility index (Phi) is 4.77. The average Bonchev–Trinajstić information content (AvgIpc) is 2.45. The number of anilines is 2. The minimum absolute atomic E-state index is 0.392. The molecule has 2 N–H and O–H groups in total. The molecular formula is C16H17FN2O2. The molecule has 2 aromatic carbocycles. The summed E-state index contributed by atoms with van der Waals surface area (Å²) in [5.74, 6) is 0.349. The number of carbonyl (C=O) groups excluding carboxylic acids is 1. The quantitative estimate of drug-likeness (QED) is 0.886. The summed E-state index contributed by atoms with van der Waals surface area (Å²) in [5, 5.41) is 5.30. The van der Waals surface area contributed by atoms with Crippen LogP contribution in [0.4, 0.5) is 20.6 Å². The summed E-state index contributed by atoms with van der Waals surface area (Å²) in [4.78, 5) is 11.9. The van der Waals surface area contributed by atoms with E-state index in [1.807, 2.05) is 6.92 Å². The van der Waals surface area contributed by atoms with Crippen LogP contribution in [0.25, 0.3) is 0 Å². The lowest BCUT2D eigenvalue weighted by Crippen LogP contribution is -2.20. The van der Waals surface area contributed by atoms with Crippen LogP contribution < -0.4 is 15.4 Å². The number of ether oxygens (including phenoxy) is 1. The first kappa shape index (κ1) is 14.8. The Hall–Kier alpha value is -2.56. The zero-order valence-corrected chi connectivity index (χ0v) is 11.9. The first-order valence-corrected chi connectivity index (χ1v) is 6.65. The van der Waals surface area contributed by atoms with Gasteiger partial charge in [0.05, 0.1) is 6.61 Å². The predicted octanol–water partition coefficient (Wildman–Crippen LogP) is 4.18. The highest BCUT2D eigenvalue weighted by atomic mass is 19.1. The molecule has 0 aromatic heterocycles. The van der Waals surface area contributed by atoms with Crippen molar-refractivity contribution in [3.8, 4) is 5.75 Å². The van der Waals surface area contributed by atoms with Gasteiger partial charge in [-0.3, -0.25) is 0 Å². The van der Waals surface area contributed by atoms with Crippen molar-refractivity contribution in [3.05, 3.63) is 53.8 Å². The number of carbonyl (C=O) groups is 1. The zero-order chi connectivity index (χ0) is 15.2. The van der Waals surface area contributed by atoms with Gasteiger partial charge >= 0.3 is 6.03 Å². The number of benzene rings is 2. The maximum atomic E-state index is 13.2. The van der Waals surface area contributed by atoms with Crippen LogP contribution in [-0.2, 0) is 0 Å². The van der Waals surface area contributed by atoms with Crippen molar-refractivity contribution in [2.45, 2.75) is 13.8 Å². The van der Waals surface area contributed by atoms with Crippen molar-refractivity contribution in [2.24, 2.45) is 0 Å². The lowest BCUT2D eigenvalue weighted by atomic mass is 10.2. The van der Waals surface area contributed by atoms with Gasteiger partial charge in [0.2, 0.25) is 0 Å². The van der Waals surface area contributed by atoms with E-state index >= 15 is 0 Å². The van der Waals surface area contributed by atoms with Crippen molar-refractivity contribution in [3.63, 3.8) is 0 Å². The van der Waals surface area contributed by atoms with Crippen LogP contribution in [0, 0.1) is 12.7 Å². The molecule has 21 heavy (non-hydrogen) atoms. The topological polar surface area (TPSA) is 50.4 Å². The van der Waals surface area contributed by atoms with Crippen LogP contribution in [0.5, 0.6) is 5.75 Å². The van der Waals surface area contributed by atoms with Gasteiger partial charge in [-0.25, -0.2) is 9.18 Å². The van der Waals surface area contributed by atoms with E-state index in [-0.39, 0.29) is 0 Å². The maximum absolute atomic E-state index is 13.2. The van der Waals surface area contributed by atoms with E-state index in [9.17, 15) is 9.18 Å². The maximum Gasteiger partial charge on any atom is 0.323 e. The molecule has 0 radical (unpaired) electrons. The Labute approximate surface area is 122 Å². The van der Waals surface area contributed by atoms with Gasteiger partial charge in [0.1, 0.15) is 11.6 Å². The minimum Gasteiger partial charge on any atom is -0.494 e. The van der Waals surface area contributed by atoms with Crippen molar-refractivity contribution in [1.82, 2.24) is 0 Å². The molecule has 2 aromatic rings. The fourth-order valence-corrected chi connectivity index (χ4v) is 1.81. The first-order chi connectivity index (χ1) is 10.1. The number of halogens is 1. The molecule has 5 heteroatoms. The Balaban J connectivity index is 1.99. The molecule has 0 fully saturated rings. The molecule has 2 amide bonds. The Morgan fingerprint density at radius 2 is 1.86 bits per heavy atom. The second kappa shape index (κ2) is 6.74. The van der Waals surface area contributed by atoms with E-state index in [1.165, 1.54) is 12.1 Å². The molecule has 0 heterocycles. The SMILES string of the molecule is CCOc1ccc(NC(=O)Nc2cc(F)ccc2C)cc1. The van der Waals surface area contributed by atoms with Crippen LogP contribution in [0.15, 0.2) is 42.5 Å². The lowest BCUT2D eigenvalue weighted by molar-refractivity contribution is 0.262. The highest BCUT2D eigenvalue weighted by Gasteiger charge is 2.06. The second-order valence-electron chi connectivity index (χ2n) is 4.50. The van der Waals surface area contributed by atoms with E-state index in [0.717, 1.165) is 11.3 Å². The van der Waals surface area contributed by atoms with Gasteiger partial charge < -0.3 is 15.4 Å². The van der Waals surface area contributed by atoms with Gasteiger partial charge in [-0.05, 0) is 55.8 Å². The molecule has 0 spiro atoms.